The van der Waals surface area contributed by atoms with E-state index < -0.39 is 0 Å². The summed E-state index contributed by atoms with van der Waals surface area (Å²) in [5.41, 5.74) is 4.91. The van der Waals surface area contributed by atoms with E-state index in [1.807, 2.05) is 0 Å². The topological polar surface area (TPSA) is 51.0 Å². The summed E-state index contributed by atoms with van der Waals surface area (Å²) in [5.74, 6) is 1.19. The van der Waals surface area contributed by atoms with Crippen molar-refractivity contribution in [1.29, 1.82) is 0 Å². The summed E-state index contributed by atoms with van der Waals surface area (Å²) in [6.07, 6.45) is 9.71. The molecule has 168 valence electrons. The van der Waals surface area contributed by atoms with E-state index in [4.69, 9.17) is 14.7 Å². The van der Waals surface area contributed by atoms with E-state index in [9.17, 15) is 0 Å². The van der Waals surface area contributed by atoms with Gasteiger partial charge in [0.15, 0.2) is 0 Å². The van der Waals surface area contributed by atoms with Crippen molar-refractivity contribution in [2.75, 3.05) is 26.4 Å². The molecule has 1 fully saturated rings. The summed E-state index contributed by atoms with van der Waals surface area (Å²) >= 11 is 0. The molecule has 4 heteroatoms. The third-order valence-electron chi connectivity index (χ3n) is 7.48. The smallest absolute Gasteiger partial charge is 0.119 e. The number of aryl methyl sites for hydroxylation is 1. The van der Waals surface area contributed by atoms with Crippen LogP contribution < -0.4 is 0 Å². The van der Waals surface area contributed by atoms with Crippen molar-refractivity contribution >= 4 is 6.21 Å². The van der Waals surface area contributed by atoms with Crippen LogP contribution in [0.3, 0.4) is 0 Å². The minimum absolute atomic E-state index is 0.0824. The molecule has 0 spiro atoms. The molecular formula is C26H41NO3. The zero-order valence-electron chi connectivity index (χ0n) is 19.5. The Balaban J connectivity index is 1.62. The average molecular weight is 416 g/mol. The molecule has 1 saturated carbocycles. The van der Waals surface area contributed by atoms with Crippen molar-refractivity contribution in [2.45, 2.75) is 84.0 Å². The number of hydrogen-bond acceptors (Lipinski definition) is 4. The lowest BCUT2D eigenvalue weighted by Crippen LogP contribution is -2.49. The van der Waals surface area contributed by atoms with Gasteiger partial charge in [0.2, 0.25) is 0 Å². The van der Waals surface area contributed by atoms with Crippen LogP contribution in [0.5, 0.6) is 0 Å². The van der Waals surface area contributed by atoms with Gasteiger partial charge in [-0.3, -0.25) is 0 Å². The lowest BCUT2D eigenvalue weighted by atomic mass is 9.50. The summed E-state index contributed by atoms with van der Waals surface area (Å²) in [6.45, 7) is 11.5. The minimum Gasteiger partial charge on any atom is -0.396 e. The number of benzene rings is 1. The SMILES string of the molecule is CC(C)c1ccc2c(c1)CCC1[C@@](C)(/C=N/OCCCOCCCO)CCC[C@]21C. The van der Waals surface area contributed by atoms with Gasteiger partial charge in [0.1, 0.15) is 6.61 Å². The largest absolute Gasteiger partial charge is 0.396 e. The lowest BCUT2D eigenvalue weighted by molar-refractivity contribution is 0.0660. The number of aliphatic hydroxyl groups is 1. The van der Waals surface area contributed by atoms with Crippen LogP contribution in [0.15, 0.2) is 23.4 Å². The molecule has 1 aromatic rings. The Morgan fingerprint density at radius 2 is 1.97 bits per heavy atom. The van der Waals surface area contributed by atoms with Gasteiger partial charge in [-0.1, -0.05) is 57.5 Å². The first kappa shape index (κ1) is 23.3. The molecule has 4 nitrogen and oxygen atoms in total. The van der Waals surface area contributed by atoms with Gasteiger partial charge in [-0.25, -0.2) is 0 Å². The summed E-state index contributed by atoms with van der Waals surface area (Å²) in [5, 5.41) is 13.1. The van der Waals surface area contributed by atoms with Crippen LogP contribution >= 0.6 is 0 Å². The molecule has 3 rings (SSSR count). The number of ether oxygens (including phenoxy) is 1. The van der Waals surface area contributed by atoms with Crippen LogP contribution in [-0.4, -0.2) is 37.7 Å². The Kier molecular flexibility index (Phi) is 7.98. The van der Waals surface area contributed by atoms with E-state index in [2.05, 4.69) is 57.3 Å². The van der Waals surface area contributed by atoms with E-state index in [0.29, 0.717) is 38.1 Å². The predicted octanol–water partition coefficient (Wildman–Crippen LogP) is 5.61. The highest BCUT2D eigenvalue weighted by atomic mass is 16.6. The van der Waals surface area contributed by atoms with Crippen molar-refractivity contribution in [3.05, 3.63) is 34.9 Å². The fraction of sp³-hybridized carbons (Fsp3) is 0.731. The van der Waals surface area contributed by atoms with E-state index in [-0.39, 0.29) is 17.4 Å². The first-order chi connectivity index (χ1) is 14.4. The first-order valence-corrected chi connectivity index (χ1v) is 11.9. The zero-order valence-corrected chi connectivity index (χ0v) is 19.5. The molecule has 0 heterocycles. The predicted molar refractivity (Wildman–Crippen MR) is 123 cm³/mol. The van der Waals surface area contributed by atoms with Gasteiger partial charge in [0.25, 0.3) is 0 Å². The van der Waals surface area contributed by atoms with Crippen LogP contribution in [0.1, 0.15) is 88.8 Å². The fourth-order valence-electron chi connectivity index (χ4n) is 5.78. The third-order valence-corrected chi connectivity index (χ3v) is 7.48. The molecule has 0 saturated heterocycles. The molecule has 1 aromatic carbocycles. The van der Waals surface area contributed by atoms with Gasteiger partial charge in [0, 0.05) is 37.9 Å². The van der Waals surface area contributed by atoms with Gasteiger partial charge >= 0.3 is 0 Å². The highest BCUT2D eigenvalue weighted by Crippen LogP contribution is 2.56. The second kappa shape index (κ2) is 10.3. The number of oxime groups is 1. The molecule has 0 aromatic heterocycles. The van der Waals surface area contributed by atoms with Crippen molar-refractivity contribution in [3.63, 3.8) is 0 Å². The second-order valence-corrected chi connectivity index (χ2v) is 10.1. The lowest BCUT2D eigenvalue weighted by Gasteiger charge is -2.54. The molecule has 1 unspecified atom stereocenters. The quantitative estimate of drug-likeness (QED) is 0.307. The van der Waals surface area contributed by atoms with E-state index >= 15 is 0 Å². The fourth-order valence-corrected chi connectivity index (χ4v) is 5.78. The molecular weight excluding hydrogens is 374 g/mol. The summed E-state index contributed by atoms with van der Waals surface area (Å²) in [7, 11) is 0. The summed E-state index contributed by atoms with van der Waals surface area (Å²) in [4.78, 5) is 5.57. The Labute approximate surface area is 183 Å². The maximum atomic E-state index is 8.75. The van der Waals surface area contributed by atoms with Crippen molar-refractivity contribution < 1.29 is 14.7 Å². The summed E-state index contributed by atoms with van der Waals surface area (Å²) < 4.78 is 5.44. The van der Waals surface area contributed by atoms with Gasteiger partial charge in [-0.15, -0.1) is 0 Å². The zero-order chi connectivity index (χ0) is 21.6. The molecule has 30 heavy (non-hydrogen) atoms. The molecule has 2 aliphatic carbocycles. The minimum atomic E-state index is 0.0824. The normalized spacial score (nSPS) is 28.5. The molecule has 0 bridgehead atoms. The number of fused-ring (bicyclic) bond motifs is 3. The van der Waals surface area contributed by atoms with Crippen molar-refractivity contribution in [2.24, 2.45) is 16.5 Å². The van der Waals surface area contributed by atoms with Gasteiger partial charge in [-0.05, 0) is 66.0 Å². The Morgan fingerprint density at radius 1 is 1.17 bits per heavy atom. The molecule has 1 N–H and O–H groups in total. The monoisotopic (exact) mass is 415 g/mol. The molecule has 0 aliphatic heterocycles. The highest BCUT2D eigenvalue weighted by molar-refractivity contribution is 5.66. The van der Waals surface area contributed by atoms with E-state index in [1.165, 1.54) is 37.7 Å². The van der Waals surface area contributed by atoms with Crippen LogP contribution in [0.4, 0.5) is 0 Å². The Morgan fingerprint density at radius 3 is 2.73 bits per heavy atom. The standard InChI is InChI=1S/C26H41NO3/c1-20(2)21-8-10-23-22(18-21)9-11-24-25(3,12-5-13-26(23,24)4)19-27-30-17-7-16-29-15-6-14-28/h8,10,18-20,24,28H,5-7,9,11-17H2,1-4H3/b27-19+/t24?,25-,26-/m1/s1. The Hall–Kier alpha value is -1.39. The van der Waals surface area contributed by atoms with E-state index in [0.717, 1.165) is 6.42 Å². The van der Waals surface area contributed by atoms with E-state index in [1.54, 1.807) is 11.1 Å². The number of rotatable bonds is 10. The maximum Gasteiger partial charge on any atom is 0.119 e. The van der Waals surface area contributed by atoms with Crippen LogP contribution in [0.2, 0.25) is 0 Å². The number of nitrogens with zero attached hydrogens (tertiary/aromatic N) is 1. The van der Waals surface area contributed by atoms with Gasteiger partial charge < -0.3 is 14.7 Å². The van der Waals surface area contributed by atoms with Gasteiger partial charge in [-0.2, -0.15) is 0 Å². The highest BCUT2D eigenvalue weighted by Gasteiger charge is 2.51. The molecule has 2 aliphatic rings. The molecule has 3 atom stereocenters. The second-order valence-electron chi connectivity index (χ2n) is 10.1. The van der Waals surface area contributed by atoms with Crippen LogP contribution in [0.25, 0.3) is 0 Å². The molecule has 0 amide bonds. The van der Waals surface area contributed by atoms with Crippen LogP contribution in [0, 0.1) is 11.3 Å². The first-order valence-electron chi connectivity index (χ1n) is 11.9. The van der Waals surface area contributed by atoms with Crippen LogP contribution in [-0.2, 0) is 21.4 Å². The summed E-state index contributed by atoms with van der Waals surface area (Å²) in [6, 6.07) is 7.24. The molecule has 0 radical (unpaired) electrons. The maximum absolute atomic E-state index is 8.75. The number of hydrogen-bond donors (Lipinski definition) is 1. The van der Waals surface area contributed by atoms with Crippen molar-refractivity contribution in [3.8, 4) is 0 Å². The third kappa shape index (κ3) is 5.08. The average Bonchev–Trinajstić information content (AvgIpc) is 2.72. The Bertz CT molecular complexity index is 716. The number of aliphatic hydroxyl groups excluding tert-OH is 1. The van der Waals surface area contributed by atoms with Crippen molar-refractivity contribution in [1.82, 2.24) is 0 Å². The van der Waals surface area contributed by atoms with Gasteiger partial charge in [0.05, 0.1) is 0 Å².